The molecule has 2 rings (SSSR count). The first-order valence-corrected chi connectivity index (χ1v) is 8.55. The van der Waals surface area contributed by atoms with Crippen LogP contribution in [0.2, 0.25) is 5.02 Å². The molecule has 1 aromatic carbocycles. The summed E-state index contributed by atoms with van der Waals surface area (Å²) in [4.78, 5) is 5.24. The zero-order valence-corrected chi connectivity index (χ0v) is 13.4. The van der Waals surface area contributed by atoms with Gasteiger partial charge >= 0.3 is 0 Å². The number of nitrogens with zero attached hydrogens (tertiary/aromatic N) is 1. The zero-order chi connectivity index (χ0) is 14.9. The molecule has 0 unspecified atom stereocenters. The number of aromatic nitrogens is 1. The Labute approximate surface area is 126 Å². The Hall–Kier alpha value is -1.31. The highest BCUT2D eigenvalue weighted by Gasteiger charge is 2.20. The van der Waals surface area contributed by atoms with Crippen LogP contribution in [0.15, 0.2) is 23.1 Å². The molecule has 2 aromatic rings. The average Bonchev–Trinajstić information content (AvgIpc) is 2.67. The van der Waals surface area contributed by atoms with Gasteiger partial charge in [-0.2, -0.15) is 0 Å². The lowest BCUT2D eigenvalue weighted by Gasteiger charge is -2.08. The van der Waals surface area contributed by atoms with Crippen LogP contribution in [0.5, 0.6) is 0 Å². The van der Waals surface area contributed by atoms with Crippen molar-refractivity contribution in [3.05, 3.63) is 33.8 Å². The molecule has 108 valence electrons. The van der Waals surface area contributed by atoms with Gasteiger partial charge in [-0.15, -0.1) is 11.3 Å². The molecular formula is C12H14ClN3O2S2. The number of hydrogen-bond acceptors (Lipinski definition) is 5. The molecule has 0 bridgehead atoms. The number of nitrogens with two attached hydrogens (primary N) is 1. The summed E-state index contributed by atoms with van der Waals surface area (Å²) in [6.45, 7) is 3.88. The Morgan fingerprint density at radius 1 is 1.45 bits per heavy atom. The molecule has 8 heteroatoms. The largest absolute Gasteiger partial charge is 0.398 e. The van der Waals surface area contributed by atoms with E-state index < -0.39 is 10.0 Å². The second-order valence-corrected chi connectivity index (χ2v) is 7.45. The topological polar surface area (TPSA) is 85.1 Å². The number of benzene rings is 1. The van der Waals surface area contributed by atoms with Crippen molar-refractivity contribution in [3.63, 3.8) is 0 Å². The normalized spacial score (nSPS) is 11.6. The summed E-state index contributed by atoms with van der Waals surface area (Å²) >= 11 is 7.07. The molecule has 1 heterocycles. The molecule has 0 aliphatic carbocycles. The number of nitrogen functional groups attached to an aromatic ring is 1. The lowest BCUT2D eigenvalue weighted by molar-refractivity contribution is 0.601. The fourth-order valence-corrected chi connectivity index (χ4v) is 4.17. The van der Waals surface area contributed by atoms with Gasteiger partial charge < -0.3 is 5.73 Å². The highest BCUT2D eigenvalue weighted by atomic mass is 35.5. The quantitative estimate of drug-likeness (QED) is 0.843. The lowest BCUT2D eigenvalue weighted by Crippen LogP contribution is -2.14. The maximum absolute atomic E-state index is 12.3. The van der Waals surface area contributed by atoms with E-state index in [0.717, 1.165) is 17.0 Å². The third-order valence-electron chi connectivity index (χ3n) is 2.71. The zero-order valence-electron chi connectivity index (χ0n) is 11.0. The summed E-state index contributed by atoms with van der Waals surface area (Å²) < 4.78 is 27.0. The molecule has 0 spiro atoms. The second kappa shape index (κ2) is 5.59. The van der Waals surface area contributed by atoms with E-state index in [1.165, 1.54) is 29.5 Å². The standard InChI is InChI=1S/C12H14ClN3O2S2/c1-3-10-7(2)19-12(15-10)16-20(17,18)11-5-4-8(13)6-9(11)14/h4-6H,3,14H2,1-2H3,(H,15,16). The van der Waals surface area contributed by atoms with Gasteiger partial charge in [-0.25, -0.2) is 13.4 Å². The van der Waals surface area contributed by atoms with E-state index in [1.807, 2.05) is 13.8 Å². The lowest BCUT2D eigenvalue weighted by atomic mass is 10.3. The van der Waals surface area contributed by atoms with Crippen LogP contribution in [0, 0.1) is 6.92 Å². The highest BCUT2D eigenvalue weighted by Crippen LogP contribution is 2.28. The Morgan fingerprint density at radius 3 is 2.70 bits per heavy atom. The molecule has 3 N–H and O–H groups in total. The smallest absolute Gasteiger partial charge is 0.265 e. The summed E-state index contributed by atoms with van der Waals surface area (Å²) in [5.74, 6) is 0. The predicted molar refractivity (Wildman–Crippen MR) is 82.9 cm³/mol. The van der Waals surface area contributed by atoms with Crippen molar-refractivity contribution < 1.29 is 8.42 Å². The van der Waals surface area contributed by atoms with Crippen molar-refractivity contribution >= 4 is 43.8 Å². The van der Waals surface area contributed by atoms with Crippen molar-refractivity contribution in [3.8, 4) is 0 Å². The van der Waals surface area contributed by atoms with Crippen molar-refractivity contribution in [2.75, 3.05) is 10.5 Å². The minimum Gasteiger partial charge on any atom is -0.398 e. The Balaban J connectivity index is 2.35. The first-order chi connectivity index (χ1) is 9.33. The van der Waals surface area contributed by atoms with Gasteiger partial charge in [0, 0.05) is 9.90 Å². The molecule has 1 aromatic heterocycles. The van der Waals surface area contributed by atoms with Crippen LogP contribution in [0.4, 0.5) is 10.8 Å². The summed E-state index contributed by atoms with van der Waals surface area (Å²) in [7, 11) is -3.76. The molecule has 0 saturated carbocycles. The third-order valence-corrected chi connectivity index (χ3v) is 5.42. The van der Waals surface area contributed by atoms with E-state index in [2.05, 4.69) is 9.71 Å². The van der Waals surface area contributed by atoms with Crippen LogP contribution in [0.25, 0.3) is 0 Å². The number of nitrogens with one attached hydrogen (secondary N) is 1. The van der Waals surface area contributed by atoms with Gasteiger partial charge in [-0.3, -0.25) is 4.72 Å². The molecule has 0 aliphatic rings. The van der Waals surface area contributed by atoms with E-state index in [1.54, 1.807) is 0 Å². The fraction of sp³-hybridized carbons (Fsp3) is 0.250. The van der Waals surface area contributed by atoms with E-state index in [0.29, 0.717) is 10.2 Å². The van der Waals surface area contributed by atoms with Gasteiger partial charge in [0.05, 0.1) is 11.4 Å². The van der Waals surface area contributed by atoms with E-state index >= 15 is 0 Å². The number of aryl methyl sites for hydroxylation is 2. The minimum absolute atomic E-state index is 0.00667. The van der Waals surface area contributed by atoms with Crippen molar-refractivity contribution in [1.82, 2.24) is 4.98 Å². The van der Waals surface area contributed by atoms with Gasteiger partial charge in [-0.1, -0.05) is 18.5 Å². The van der Waals surface area contributed by atoms with Crippen LogP contribution in [0.1, 0.15) is 17.5 Å². The number of halogens is 1. The van der Waals surface area contributed by atoms with Crippen molar-refractivity contribution in [1.29, 1.82) is 0 Å². The SMILES string of the molecule is CCc1nc(NS(=O)(=O)c2ccc(Cl)cc2N)sc1C. The van der Waals surface area contributed by atoms with Gasteiger partial charge in [0.15, 0.2) is 5.13 Å². The van der Waals surface area contributed by atoms with Crippen LogP contribution < -0.4 is 10.5 Å². The maximum atomic E-state index is 12.3. The van der Waals surface area contributed by atoms with Crippen LogP contribution >= 0.6 is 22.9 Å². The van der Waals surface area contributed by atoms with Crippen LogP contribution in [0.3, 0.4) is 0 Å². The summed E-state index contributed by atoms with van der Waals surface area (Å²) in [6.07, 6.45) is 0.757. The second-order valence-electron chi connectivity index (χ2n) is 4.16. The number of sulfonamides is 1. The highest BCUT2D eigenvalue weighted by molar-refractivity contribution is 7.93. The maximum Gasteiger partial charge on any atom is 0.265 e. The fourth-order valence-electron chi connectivity index (χ4n) is 1.73. The van der Waals surface area contributed by atoms with Crippen LogP contribution in [-0.4, -0.2) is 13.4 Å². The first-order valence-electron chi connectivity index (χ1n) is 5.87. The van der Waals surface area contributed by atoms with Gasteiger partial charge in [0.1, 0.15) is 4.90 Å². The monoisotopic (exact) mass is 331 g/mol. The van der Waals surface area contributed by atoms with Gasteiger partial charge in [0.2, 0.25) is 0 Å². The number of thiazole rings is 1. The molecule has 0 fully saturated rings. The molecule has 20 heavy (non-hydrogen) atoms. The Kier molecular flexibility index (Phi) is 4.22. The minimum atomic E-state index is -3.76. The predicted octanol–water partition coefficient (Wildman–Crippen LogP) is 3.05. The Bertz CT molecular complexity index is 741. The van der Waals surface area contributed by atoms with Gasteiger partial charge in [0.25, 0.3) is 10.0 Å². The number of hydrogen-bond donors (Lipinski definition) is 2. The average molecular weight is 332 g/mol. The number of rotatable bonds is 4. The number of anilines is 2. The molecule has 0 saturated heterocycles. The molecule has 0 amide bonds. The molecule has 5 nitrogen and oxygen atoms in total. The van der Waals surface area contributed by atoms with E-state index in [-0.39, 0.29) is 10.6 Å². The first kappa shape index (κ1) is 15.1. The summed E-state index contributed by atoms with van der Waals surface area (Å²) in [5, 5.41) is 0.730. The Morgan fingerprint density at radius 2 is 2.15 bits per heavy atom. The molecule has 0 radical (unpaired) electrons. The van der Waals surface area contributed by atoms with Crippen LogP contribution in [-0.2, 0) is 16.4 Å². The van der Waals surface area contributed by atoms with E-state index in [9.17, 15) is 8.42 Å². The molecular weight excluding hydrogens is 318 g/mol. The van der Waals surface area contributed by atoms with Crippen molar-refractivity contribution in [2.24, 2.45) is 0 Å². The summed E-state index contributed by atoms with van der Waals surface area (Å²) in [5.41, 5.74) is 6.69. The van der Waals surface area contributed by atoms with Crippen molar-refractivity contribution in [2.45, 2.75) is 25.2 Å². The van der Waals surface area contributed by atoms with E-state index in [4.69, 9.17) is 17.3 Å². The molecule has 0 atom stereocenters. The van der Waals surface area contributed by atoms with Gasteiger partial charge in [-0.05, 0) is 31.5 Å². The third kappa shape index (κ3) is 3.05. The molecule has 0 aliphatic heterocycles. The summed E-state index contributed by atoms with van der Waals surface area (Å²) in [6, 6.07) is 4.26.